The summed E-state index contributed by atoms with van der Waals surface area (Å²) in [6, 6.07) is 21.8. The number of carbonyl (C=O) groups excluding carboxylic acids is 3. The van der Waals surface area contributed by atoms with Crippen molar-refractivity contribution in [1.82, 2.24) is 4.90 Å². The number of thioether (sulfide) groups is 1. The first-order valence-electron chi connectivity index (χ1n) is 9.81. The Hall–Kier alpha value is -3.71. The van der Waals surface area contributed by atoms with E-state index in [0.29, 0.717) is 22.4 Å². The minimum absolute atomic E-state index is 0.0976. The van der Waals surface area contributed by atoms with Crippen LogP contribution in [0.4, 0.5) is 9.18 Å². The predicted molar refractivity (Wildman–Crippen MR) is 121 cm³/mol. The highest BCUT2D eigenvalue weighted by atomic mass is 32.2. The Morgan fingerprint density at radius 3 is 2.34 bits per heavy atom. The van der Waals surface area contributed by atoms with Crippen molar-refractivity contribution in [3.63, 3.8) is 0 Å². The van der Waals surface area contributed by atoms with E-state index in [4.69, 9.17) is 4.74 Å². The molecular weight excluding hydrogens is 429 g/mol. The third-order valence-corrected chi connectivity index (χ3v) is 5.71. The first-order valence-corrected chi connectivity index (χ1v) is 10.6. The van der Waals surface area contributed by atoms with Gasteiger partial charge in [0.15, 0.2) is 5.78 Å². The molecule has 0 saturated carbocycles. The molecule has 3 aromatic rings. The van der Waals surface area contributed by atoms with Gasteiger partial charge in [-0.2, -0.15) is 0 Å². The second-order valence-corrected chi connectivity index (χ2v) is 8.00. The number of hydrogen-bond acceptors (Lipinski definition) is 5. The van der Waals surface area contributed by atoms with E-state index in [1.807, 2.05) is 0 Å². The number of imide groups is 1. The summed E-state index contributed by atoms with van der Waals surface area (Å²) in [5.41, 5.74) is 1.60. The quantitative estimate of drug-likeness (QED) is 0.362. The Morgan fingerprint density at radius 2 is 1.62 bits per heavy atom. The van der Waals surface area contributed by atoms with Gasteiger partial charge in [-0.25, -0.2) is 4.39 Å². The van der Waals surface area contributed by atoms with Crippen molar-refractivity contribution in [3.8, 4) is 5.75 Å². The number of carbonyl (C=O) groups is 3. The van der Waals surface area contributed by atoms with Crippen LogP contribution in [-0.2, 0) is 11.4 Å². The highest BCUT2D eigenvalue weighted by Gasteiger charge is 2.36. The molecule has 160 valence electrons. The molecule has 0 atom stereocenters. The van der Waals surface area contributed by atoms with Gasteiger partial charge >= 0.3 is 0 Å². The number of benzene rings is 3. The Bertz CT molecular complexity index is 1190. The molecule has 1 aliphatic rings. The van der Waals surface area contributed by atoms with E-state index < -0.39 is 11.1 Å². The predicted octanol–water partition coefficient (Wildman–Crippen LogP) is 5.32. The molecule has 7 heteroatoms. The summed E-state index contributed by atoms with van der Waals surface area (Å²) in [4.78, 5) is 38.5. The lowest BCUT2D eigenvalue weighted by molar-refractivity contribution is -0.122. The van der Waals surface area contributed by atoms with Crippen LogP contribution < -0.4 is 4.74 Å². The minimum Gasteiger partial charge on any atom is -0.489 e. The number of ether oxygens (including phenoxy) is 1. The average molecular weight is 447 g/mol. The minimum atomic E-state index is -0.496. The number of hydrogen-bond donors (Lipinski definition) is 0. The maximum absolute atomic E-state index is 13.7. The van der Waals surface area contributed by atoms with Gasteiger partial charge in [0.2, 0.25) is 0 Å². The van der Waals surface area contributed by atoms with Crippen LogP contribution in [0.25, 0.3) is 6.08 Å². The third-order valence-electron chi connectivity index (χ3n) is 4.80. The van der Waals surface area contributed by atoms with Gasteiger partial charge in [0, 0.05) is 11.1 Å². The molecule has 1 fully saturated rings. The van der Waals surface area contributed by atoms with E-state index in [1.54, 1.807) is 78.9 Å². The monoisotopic (exact) mass is 447 g/mol. The van der Waals surface area contributed by atoms with Crippen LogP contribution in [-0.4, -0.2) is 28.4 Å². The first kappa shape index (κ1) is 21.5. The van der Waals surface area contributed by atoms with Crippen LogP contribution >= 0.6 is 11.8 Å². The standard InChI is InChI=1S/C25H18FNO4S/c26-21-9-5-4-8-19(21)16-31-20-12-10-17(11-13-20)14-23-24(29)27(25(30)32-23)15-22(28)18-6-2-1-3-7-18/h1-14H,15-16H2/b23-14+. The van der Waals surface area contributed by atoms with Crippen LogP contribution in [0.1, 0.15) is 21.5 Å². The summed E-state index contributed by atoms with van der Waals surface area (Å²) in [5, 5.41) is -0.477. The lowest BCUT2D eigenvalue weighted by Crippen LogP contribution is -2.33. The van der Waals surface area contributed by atoms with Gasteiger partial charge in [-0.15, -0.1) is 0 Å². The summed E-state index contributed by atoms with van der Waals surface area (Å²) in [6.07, 6.45) is 1.60. The molecule has 32 heavy (non-hydrogen) atoms. The zero-order valence-electron chi connectivity index (χ0n) is 16.9. The van der Waals surface area contributed by atoms with Crippen molar-refractivity contribution in [2.45, 2.75) is 6.61 Å². The highest BCUT2D eigenvalue weighted by Crippen LogP contribution is 2.32. The lowest BCUT2D eigenvalue weighted by Gasteiger charge is -2.11. The van der Waals surface area contributed by atoms with Gasteiger partial charge in [0.25, 0.3) is 11.1 Å². The number of nitrogens with zero attached hydrogens (tertiary/aromatic N) is 1. The fourth-order valence-electron chi connectivity index (χ4n) is 3.08. The molecule has 0 radical (unpaired) electrons. The Balaban J connectivity index is 1.40. The molecule has 0 N–H and O–H groups in total. The largest absolute Gasteiger partial charge is 0.489 e. The van der Waals surface area contributed by atoms with E-state index in [0.717, 1.165) is 16.7 Å². The van der Waals surface area contributed by atoms with E-state index in [9.17, 15) is 18.8 Å². The zero-order chi connectivity index (χ0) is 22.5. The maximum atomic E-state index is 13.7. The number of amides is 2. The van der Waals surface area contributed by atoms with Crippen LogP contribution in [0, 0.1) is 5.82 Å². The Morgan fingerprint density at radius 1 is 0.938 bits per heavy atom. The van der Waals surface area contributed by atoms with Gasteiger partial charge in [-0.05, 0) is 41.6 Å². The van der Waals surface area contributed by atoms with Gasteiger partial charge < -0.3 is 4.74 Å². The van der Waals surface area contributed by atoms with E-state index in [1.165, 1.54) is 6.07 Å². The second-order valence-electron chi connectivity index (χ2n) is 7.01. The fraction of sp³-hybridized carbons (Fsp3) is 0.0800. The van der Waals surface area contributed by atoms with E-state index in [-0.39, 0.29) is 29.7 Å². The molecular formula is C25H18FNO4S. The van der Waals surface area contributed by atoms with Gasteiger partial charge in [0.05, 0.1) is 11.4 Å². The number of ketones is 1. The topological polar surface area (TPSA) is 63.7 Å². The molecule has 0 aromatic heterocycles. The summed E-state index contributed by atoms with van der Waals surface area (Å²) in [7, 11) is 0. The van der Waals surface area contributed by atoms with E-state index >= 15 is 0 Å². The SMILES string of the molecule is O=C(CN1C(=O)S/C(=C/c2ccc(OCc3ccccc3F)cc2)C1=O)c1ccccc1. The maximum Gasteiger partial charge on any atom is 0.293 e. The van der Waals surface area contributed by atoms with Crippen molar-refractivity contribution in [3.05, 3.63) is 106 Å². The summed E-state index contributed by atoms with van der Waals surface area (Å²) in [6.45, 7) is -0.199. The summed E-state index contributed by atoms with van der Waals surface area (Å²) < 4.78 is 19.3. The summed E-state index contributed by atoms with van der Waals surface area (Å²) in [5.74, 6) is -0.577. The molecule has 5 nitrogen and oxygen atoms in total. The third kappa shape index (κ3) is 4.95. The average Bonchev–Trinajstić information content (AvgIpc) is 3.07. The molecule has 1 heterocycles. The zero-order valence-corrected chi connectivity index (χ0v) is 17.7. The van der Waals surface area contributed by atoms with Crippen molar-refractivity contribution >= 4 is 34.8 Å². The van der Waals surface area contributed by atoms with Gasteiger partial charge in [-0.1, -0.05) is 60.7 Å². The van der Waals surface area contributed by atoms with Crippen LogP contribution in [0.15, 0.2) is 83.8 Å². The highest BCUT2D eigenvalue weighted by molar-refractivity contribution is 8.18. The summed E-state index contributed by atoms with van der Waals surface area (Å²) >= 11 is 0.801. The molecule has 3 aromatic carbocycles. The first-order chi connectivity index (χ1) is 15.5. The number of rotatable bonds is 7. The van der Waals surface area contributed by atoms with Gasteiger partial charge in [-0.3, -0.25) is 19.3 Å². The fourth-order valence-corrected chi connectivity index (χ4v) is 3.92. The Labute approximate surface area is 188 Å². The van der Waals surface area contributed by atoms with Gasteiger partial charge in [0.1, 0.15) is 18.2 Å². The molecule has 0 spiro atoms. The van der Waals surface area contributed by atoms with Crippen LogP contribution in [0.5, 0.6) is 5.75 Å². The number of Topliss-reactive ketones (excluding diaryl/α,β-unsaturated/α-hetero) is 1. The molecule has 0 aliphatic carbocycles. The molecule has 2 amide bonds. The lowest BCUT2D eigenvalue weighted by atomic mass is 10.1. The van der Waals surface area contributed by atoms with Crippen molar-refractivity contribution in [2.24, 2.45) is 0 Å². The molecule has 0 unspecified atom stereocenters. The Kier molecular flexibility index (Phi) is 6.47. The van der Waals surface area contributed by atoms with Crippen LogP contribution in [0.3, 0.4) is 0 Å². The van der Waals surface area contributed by atoms with Crippen molar-refractivity contribution in [2.75, 3.05) is 6.54 Å². The smallest absolute Gasteiger partial charge is 0.293 e. The number of halogens is 1. The van der Waals surface area contributed by atoms with Crippen molar-refractivity contribution < 1.29 is 23.5 Å². The normalized spacial score (nSPS) is 14.8. The molecule has 1 saturated heterocycles. The van der Waals surface area contributed by atoms with Crippen LogP contribution in [0.2, 0.25) is 0 Å². The van der Waals surface area contributed by atoms with E-state index in [2.05, 4.69) is 0 Å². The van der Waals surface area contributed by atoms with Crippen molar-refractivity contribution in [1.29, 1.82) is 0 Å². The second kappa shape index (κ2) is 9.62. The molecule has 4 rings (SSSR count). The molecule has 1 aliphatic heterocycles. The molecule has 0 bridgehead atoms.